The molecule has 0 aliphatic rings. The second kappa shape index (κ2) is 7.14. The Labute approximate surface area is 106 Å². The van der Waals surface area contributed by atoms with E-state index in [2.05, 4.69) is 46.5 Å². The van der Waals surface area contributed by atoms with Crippen molar-refractivity contribution in [1.82, 2.24) is 5.32 Å². The average Bonchev–Trinajstić information content (AvgIpc) is 2.12. The van der Waals surface area contributed by atoms with E-state index in [9.17, 15) is 5.11 Å². The van der Waals surface area contributed by atoms with Crippen LogP contribution >= 0.6 is 0 Å². The molecule has 0 aromatic heterocycles. The topological polar surface area (TPSA) is 41.5 Å². The molecule has 0 saturated heterocycles. The Kier molecular flexibility index (Phi) is 6.98. The first kappa shape index (κ1) is 16.6. The lowest BCUT2D eigenvalue weighted by Crippen LogP contribution is -2.46. The Hall–Kier alpha value is -0.380. The number of aliphatic hydroxyl groups excluding tert-OH is 1. The molecule has 0 aliphatic carbocycles. The summed E-state index contributed by atoms with van der Waals surface area (Å²) in [6.45, 7) is 15.9. The van der Waals surface area contributed by atoms with Gasteiger partial charge in [0.15, 0.2) is 0 Å². The summed E-state index contributed by atoms with van der Waals surface area (Å²) in [6, 6.07) is 0. The van der Waals surface area contributed by atoms with Crippen LogP contribution in [0.2, 0.25) is 0 Å². The molecule has 0 radical (unpaired) electrons. The summed E-state index contributed by atoms with van der Waals surface area (Å²) in [4.78, 5) is 0. The van der Waals surface area contributed by atoms with E-state index in [4.69, 9.17) is 4.74 Å². The quantitative estimate of drug-likeness (QED) is 0.508. The van der Waals surface area contributed by atoms with Crippen molar-refractivity contribution >= 4 is 0 Å². The summed E-state index contributed by atoms with van der Waals surface area (Å²) >= 11 is 0. The molecular weight excluding hydrogens is 214 g/mol. The largest absolute Gasteiger partial charge is 0.389 e. The molecule has 0 aliphatic heterocycles. The highest BCUT2D eigenvalue weighted by Crippen LogP contribution is 2.26. The van der Waals surface area contributed by atoms with E-state index in [-0.39, 0.29) is 11.0 Å². The van der Waals surface area contributed by atoms with Crippen LogP contribution in [0.1, 0.15) is 41.0 Å². The highest BCUT2D eigenvalue weighted by molar-refractivity contribution is 4.84. The zero-order chi connectivity index (χ0) is 13.5. The van der Waals surface area contributed by atoms with Crippen LogP contribution in [0.15, 0.2) is 12.7 Å². The average molecular weight is 243 g/mol. The third kappa shape index (κ3) is 10.5. The fourth-order valence-electron chi connectivity index (χ4n) is 2.13. The third-order valence-corrected chi connectivity index (χ3v) is 2.33. The van der Waals surface area contributed by atoms with Gasteiger partial charge in [-0.05, 0) is 25.7 Å². The summed E-state index contributed by atoms with van der Waals surface area (Å²) in [7, 11) is 0. The van der Waals surface area contributed by atoms with Gasteiger partial charge in [0.05, 0.1) is 19.3 Å². The maximum absolute atomic E-state index is 9.72. The maximum atomic E-state index is 9.72. The van der Waals surface area contributed by atoms with Gasteiger partial charge in [-0.15, -0.1) is 6.58 Å². The zero-order valence-corrected chi connectivity index (χ0v) is 12.0. The lowest BCUT2D eigenvalue weighted by atomic mass is 9.82. The van der Waals surface area contributed by atoms with Gasteiger partial charge in [-0.1, -0.05) is 26.8 Å². The Morgan fingerprint density at radius 3 is 2.35 bits per heavy atom. The summed E-state index contributed by atoms with van der Waals surface area (Å²) in [6.07, 6.45) is 2.28. The minimum Gasteiger partial charge on any atom is -0.389 e. The van der Waals surface area contributed by atoms with E-state index in [1.165, 1.54) is 0 Å². The van der Waals surface area contributed by atoms with Crippen LogP contribution in [0.3, 0.4) is 0 Å². The van der Waals surface area contributed by atoms with E-state index in [1.54, 1.807) is 6.08 Å². The van der Waals surface area contributed by atoms with E-state index in [1.807, 2.05) is 0 Å². The van der Waals surface area contributed by atoms with Gasteiger partial charge < -0.3 is 15.2 Å². The molecular formula is C14H29NO2. The van der Waals surface area contributed by atoms with Crippen molar-refractivity contribution < 1.29 is 9.84 Å². The molecule has 0 saturated carbocycles. The molecule has 0 aromatic carbocycles. The summed E-state index contributed by atoms with van der Waals surface area (Å²) in [5, 5.41) is 13.1. The van der Waals surface area contributed by atoms with E-state index in [0.717, 1.165) is 6.42 Å². The van der Waals surface area contributed by atoms with Crippen molar-refractivity contribution in [3.63, 3.8) is 0 Å². The highest BCUT2D eigenvalue weighted by Gasteiger charge is 2.25. The Balaban J connectivity index is 3.88. The molecule has 0 rings (SSSR count). The van der Waals surface area contributed by atoms with Crippen molar-refractivity contribution in [3.05, 3.63) is 12.7 Å². The standard InChI is InChI=1S/C14H29NO2/c1-7-8-17-10-12(16)9-15-14(5,6)11-13(2,3)4/h7,12,15-16H,1,8-11H2,2-6H3/t12-/m0/s1. The first-order valence-electron chi connectivity index (χ1n) is 6.28. The molecule has 0 spiro atoms. The number of ether oxygens (including phenoxy) is 1. The second-order valence-electron chi connectivity index (χ2n) is 6.48. The normalized spacial score (nSPS) is 14.7. The molecule has 17 heavy (non-hydrogen) atoms. The lowest BCUT2D eigenvalue weighted by Gasteiger charge is -2.34. The van der Waals surface area contributed by atoms with Crippen LogP contribution in [0.25, 0.3) is 0 Å². The molecule has 0 heterocycles. The van der Waals surface area contributed by atoms with Gasteiger partial charge in [-0.25, -0.2) is 0 Å². The Morgan fingerprint density at radius 1 is 1.29 bits per heavy atom. The first-order valence-corrected chi connectivity index (χ1v) is 6.28. The first-order chi connectivity index (χ1) is 7.66. The van der Waals surface area contributed by atoms with Crippen LogP contribution < -0.4 is 5.32 Å². The molecule has 0 fully saturated rings. The molecule has 102 valence electrons. The van der Waals surface area contributed by atoms with Crippen LogP contribution in [0.4, 0.5) is 0 Å². The minimum atomic E-state index is -0.464. The SMILES string of the molecule is C=CCOC[C@@H](O)CNC(C)(C)CC(C)(C)C. The van der Waals surface area contributed by atoms with Crippen molar-refractivity contribution in [2.45, 2.75) is 52.7 Å². The monoisotopic (exact) mass is 243 g/mol. The number of rotatable bonds is 8. The van der Waals surface area contributed by atoms with Crippen LogP contribution in [-0.2, 0) is 4.74 Å². The van der Waals surface area contributed by atoms with Gasteiger partial charge in [0.2, 0.25) is 0 Å². The molecule has 1 atom stereocenters. The lowest BCUT2D eigenvalue weighted by molar-refractivity contribution is 0.0437. The van der Waals surface area contributed by atoms with Gasteiger partial charge >= 0.3 is 0 Å². The maximum Gasteiger partial charge on any atom is 0.0898 e. The molecule has 0 amide bonds. The van der Waals surface area contributed by atoms with Crippen molar-refractivity contribution in [2.24, 2.45) is 5.41 Å². The van der Waals surface area contributed by atoms with Crippen molar-refractivity contribution in [1.29, 1.82) is 0 Å². The van der Waals surface area contributed by atoms with Gasteiger partial charge in [-0.3, -0.25) is 0 Å². The van der Waals surface area contributed by atoms with E-state index >= 15 is 0 Å². The molecule has 2 N–H and O–H groups in total. The zero-order valence-electron chi connectivity index (χ0n) is 12.0. The number of aliphatic hydroxyl groups is 1. The smallest absolute Gasteiger partial charge is 0.0898 e. The predicted octanol–water partition coefficient (Wildman–Crippen LogP) is 2.35. The van der Waals surface area contributed by atoms with Crippen LogP contribution in [0.5, 0.6) is 0 Å². The van der Waals surface area contributed by atoms with Gasteiger partial charge in [-0.2, -0.15) is 0 Å². The second-order valence-corrected chi connectivity index (χ2v) is 6.48. The molecule has 0 unspecified atom stereocenters. The Morgan fingerprint density at radius 2 is 1.88 bits per heavy atom. The molecule has 0 bridgehead atoms. The summed E-state index contributed by atoms with van der Waals surface area (Å²) in [5.41, 5.74) is 0.304. The van der Waals surface area contributed by atoms with Gasteiger partial charge in [0.25, 0.3) is 0 Å². The Bertz CT molecular complexity index is 219. The summed E-state index contributed by atoms with van der Waals surface area (Å²) in [5.74, 6) is 0. The van der Waals surface area contributed by atoms with E-state index < -0.39 is 6.10 Å². The fraction of sp³-hybridized carbons (Fsp3) is 0.857. The highest BCUT2D eigenvalue weighted by atomic mass is 16.5. The third-order valence-electron chi connectivity index (χ3n) is 2.33. The molecule has 3 nitrogen and oxygen atoms in total. The predicted molar refractivity (Wildman–Crippen MR) is 73.2 cm³/mol. The minimum absolute atomic E-state index is 0.0255. The van der Waals surface area contributed by atoms with Crippen LogP contribution in [0, 0.1) is 5.41 Å². The van der Waals surface area contributed by atoms with E-state index in [0.29, 0.717) is 19.8 Å². The number of β-amino-alcohol motifs (C(OH)–C–C–N with tert-alkyl or cyclic N) is 1. The number of nitrogens with one attached hydrogen (secondary N) is 1. The number of hydrogen-bond acceptors (Lipinski definition) is 3. The molecule has 0 aromatic rings. The fourth-order valence-corrected chi connectivity index (χ4v) is 2.13. The van der Waals surface area contributed by atoms with Crippen LogP contribution in [-0.4, -0.2) is 36.5 Å². The molecule has 3 heteroatoms. The van der Waals surface area contributed by atoms with Gasteiger partial charge in [0.1, 0.15) is 0 Å². The number of hydrogen-bond donors (Lipinski definition) is 2. The summed E-state index contributed by atoms with van der Waals surface area (Å²) < 4.78 is 5.20. The van der Waals surface area contributed by atoms with Crippen molar-refractivity contribution in [2.75, 3.05) is 19.8 Å². The van der Waals surface area contributed by atoms with Gasteiger partial charge in [0, 0.05) is 12.1 Å². The van der Waals surface area contributed by atoms with Crippen molar-refractivity contribution in [3.8, 4) is 0 Å².